The lowest BCUT2D eigenvalue weighted by Crippen LogP contribution is -2.37. The predicted molar refractivity (Wildman–Crippen MR) is 71.6 cm³/mol. The van der Waals surface area contributed by atoms with Crippen molar-refractivity contribution in [1.29, 1.82) is 0 Å². The molecule has 6 heteroatoms. The number of nitrogens with zero attached hydrogens (tertiary/aromatic N) is 2. The molecule has 0 fully saturated rings. The lowest BCUT2D eigenvalue weighted by molar-refractivity contribution is 0.606. The van der Waals surface area contributed by atoms with Crippen LogP contribution in [0.15, 0.2) is 33.9 Å². The fraction of sp³-hybridized carbons (Fsp3) is 0.231. The van der Waals surface area contributed by atoms with E-state index in [9.17, 15) is 14.0 Å². The maximum atomic E-state index is 14.0. The van der Waals surface area contributed by atoms with Crippen LogP contribution < -0.4 is 11.2 Å². The second-order valence-electron chi connectivity index (χ2n) is 4.12. The summed E-state index contributed by atoms with van der Waals surface area (Å²) in [7, 11) is 1.32. The van der Waals surface area contributed by atoms with Crippen LogP contribution in [0.1, 0.15) is 12.5 Å². The molecule has 2 aromatic rings. The maximum absolute atomic E-state index is 14.0. The van der Waals surface area contributed by atoms with Gasteiger partial charge < -0.3 is 0 Å². The molecule has 1 aromatic carbocycles. The molecule has 0 bridgehead atoms. The molecule has 0 radical (unpaired) electrons. The second-order valence-corrected chi connectivity index (χ2v) is 4.51. The van der Waals surface area contributed by atoms with Gasteiger partial charge in [-0.1, -0.05) is 24.6 Å². The zero-order valence-electron chi connectivity index (χ0n) is 10.5. The fourth-order valence-electron chi connectivity index (χ4n) is 1.77. The first kappa shape index (κ1) is 13.5. The van der Waals surface area contributed by atoms with Crippen molar-refractivity contribution in [2.45, 2.75) is 13.3 Å². The Labute approximate surface area is 113 Å². The molecule has 2 rings (SSSR count). The Morgan fingerprint density at radius 1 is 1.26 bits per heavy atom. The standard InChI is InChI=1S/C13H12ClFN2O2/c1-3-8-4-5-10(9(15)6-8)17-11(14)7-12(18)16(2)13(17)19/h4-7H,3H2,1-2H3. The van der Waals surface area contributed by atoms with E-state index in [0.717, 1.165) is 20.8 Å². The van der Waals surface area contributed by atoms with Crippen molar-refractivity contribution in [1.82, 2.24) is 9.13 Å². The first-order chi connectivity index (χ1) is 8.95. The molecule has 0 N–H and O–H groups in total. The van der Waals surface area contributed by atoms with Crippen LogP contribution in [0.3, 0.4) is 0 Å². The number of benzene rings is 1. The average Bonchev–Trinajstić information content (AvgIpc) is 2.38. The number of rotatable bonds is 2. The summed E-state index contributed by atoms with van der Waals surface area (Å²) in [5.41, 5.74) is -0.365. The number of aryl methyl sites for hydroxylation is 1. The highest BCUT2D eigenvalue weighted by Gasteiger charge is 2.13. The molecule has 0 atom stereocenters. The van der Waals surface area contributed by atoms with Gasteiger partial charge >= 0.3 is 5.69 Å². The topological polar surface area (TPSA) is 44.0 Å². The summed E-state index contributed by atoms with van der Waals surface area (Å²) in [5.74, 6) is -0.554. The van der Waals surface area contributed by atoms with Gasteiger partial charge in [0.25, 0.3) is 5.56 Å². The third-order valence-electron chi connectivity index (χ3n) is 2.93. The van der Waals surface area contributed by atoms with Gasteiger partial charge in [0.1, 0.15) is 11.0 Å². The van der Waals surface area contributed by atoms with E-state index in [0.29, 0.717) is 6.42 Å². The van der Waals surface area contributed by atoms with Crippen LogP contribution in [0.2, 0.25) is 5.15 Å². The van der Waals surface area contributed by atoms with Crippen LogP contribution in [0.4, 0.5) is 4.39 Å². The summed E-state index contributed by atoms with van der Waals surface area (Å²) in [4.78, 5) is 23.4. The molecule has 0 aliphatic rings. The molecule has 0 saturated heterocycles. The summed E-state index contributed by atoms with van der Waals surface area (Å²) < 4.78 is 15.9. The molecule has 0 amide bonds. The van der Waals surface area contributed by atoms with Crippen molar-refractivity contribution in [2.75, 3.05) is 0 Å². The SMILES string of the molecule is CCc1ccc(-n2c(Cl)cc(=O)n(C)c2=O)c(F)c1. The maximum Gasteiger partial charge on any atom is 0.336 e. The third kappa shape index (κ3) is 2.33. The lowest BCUT2D eigenvalue weighted by atomic mass is 10.1. The Hall–Kier alpha value is -1.88. The average molecular weight is 283 g/mol. The first-order valence-electron chi connectivity index (χ1n) is 5.73. The monoisotopic (exact) mass is 282 g/mol. The van der Waals surface area contributed by atoms with Crippen molar-refractivity contribution < 1.29 is 4.39 Å². The third-order valence-corrected chi connectivity index (χ3v) is 3.20. The molecule has 0 saturated carbocycles. The highest BCUT2D eigenvalue weighted by Crippen LogP contribution is 2.17. The van der Waals surface area contributed by atoms with Crippen molar-refractivity contribution in [3.8, 4) is 5.69 Å². The number of halogens is 2. The zero-order chi connectivity index (χ0) is 14.2. The van der Waals surface area contributed by atoms with E-state index in [-0.39, 0.29) is 10.8 Å². The Kier molecular flexibility index (Phi) is 3.57. The highest BCUT2D eigenvalue weighted by atomic mass is 35.5. The minimum atomic E-state index is -0.680. The number of hydrogen-bond donors (Lipinski definition) is 0. The van der Waals surface area contributed by atoms with Crippen molar-refractivity contribution >= 4 is 11.6 Å². The molecular formula is C13H12ClFN2O2. The van der Waals surface area contributed by atoms with Crippen LogP contribution in [0.5, 0.6) is 0 Å². The molecule has 4 nitrogen and oxygen atoms in total. The van der Waals surface area contributed by atoms with Crippen molar-refractivity contribution in [2.24, 2.45) is 7.05 Å². The van der Waals surface area contributed by atoms with Gasteiger partial charge in [-0.25, -0.2) is 13.8 Å². The zero-order valence-corrected chi connectivity index (χ0v) is 11.2. The lowest BCUT2D eigenvalue weighted by Gasteiger charge is -2.11. The molecular weight excluding hydrogens is 271 g/mol. The van der Waals surface area contributed by atoms with E-state index in [1.807, 2.05) is 6.92 Å². The normalized spacial score (nSPS) is 10.7. The van der Waals surface area contributed by atoms with E-state index < -0.39 is 17.1 Å². The Morgan fingerprint density at radius 3 is 2.53 bits per heavy atom. The van der Waals surface area contributed by atoms with Crippen LogP contribution in [0, 0.1) is 5.82 Å². The van der Waals surface area contributed by atoms with Crippen LogP contribution in [-0.4, -0.2) is 9.13 Å². The quantitative estimate of drug-likeness (QED) is 0.790. The largest absolute Gasteiger partial charge is 0.336 e. The highest BCUT2D eigenvalue weighted by molar-refractivity contribution is 6.29. The van der Waals surface area contributed by atoms with Crippen LogP contribution in [0.25, 0.3) is 5.69 Å². The molecule has 19 heavy (non-hydrogen) atoms. The summed E-state index contributed by atoms with van der Waals surface area (Å²) in [6, 6.07) is 5.62. The Bertz CT molecular complexity index is 749. The van der Waals surface area contributed by atoms with E-state index in [1.54, 1.807) is 6.07 Å². The number of aromatic nitrogens is 2. The summed E-state index contributed by atoms with van der Waals surface area (Å²) in [5, 5.41) is -0.115. The van der Waals surface area contributed by atoms with E-state index in [1.165, 1.54) is 19.2 Å². The van der Waals surface area contributed by atoms with Crippen LogP contribution >= 0.6 is 11.6 Å². The summed E-state index contributed by atoms with van der Waals surface area (Å²) in [6.07, 6.45) is 0.688. The molecule has 1 heterocycles. The van der Waals surface area contributed by atoms with Crippen molar-refractivity contribution in [3.05, 3.63) is 61.6 Å². The summed E-state index contributed by atoms with van der Waals surface area (Å²) >= 11 is 5.87. The van der Waals surface area contributed by atoms with Gasteiger partial charge in [0.05, 0.1) is 5.69 Å². The molecule has 0 spiro atoms. The minimum absolute atomic E-state index is 0.0304. The Morgan fingerprint density at radius 2 is 1.95 bits per heavy atom. The molecule has 0 aliphatic heterocycles. The molecule has 0 aliphatic carbocycles. The van der Waals surface area contributed by atoms with Crippen LogP contribution in [-0.2, 0) is 13.5 Å². The van der Waals surface area contributed by atoms with Gasteiger partial charge in [0.2, 0.25) is 0 Å². The van der Waals surface area contributed by atoms with Gasteiger partial charge in [0, 0.05) is 13.1 Å². The first-order valence-corrected chi connectivity index (χ1v) is 6.11. The van der Waals surface area contributed by atoms with Gasteiger partial charge in [0.15, 0.2) is 0 Å². The van der Waals surface area contributed by atoms with E-state index in [4.69, 9.17) is 11.6 Å². The molecule has 100 valence electrons. The smallest absolute Gasteiger partial charge is 0.269 e. The Balaban J connectivity index is 2.76. The fourth-order valence-corrected chi connectivity index (χ4v) is 2.03. The molecule has 1 aromatic heterocycles. The summed E-state index contributed by atoms with van der Waals surface area (Å²) in [6.45, 7) is 1.90. The number of hydrogen-bond acceptors (Lipinski definition) is 2. The van der Waals surface area contributed by atoms with E-state index in [2.05, 4.69) is 0 Å². The van der Waals surface area contributed by atoms with Crippen molar-refractivity contribution in [3.63, 3.8) is 0 Å². The van der Waals surface area contributed by atoms with Gasteiger partial charge in [-0.15, -0.1) is 0 Å². The van der Waals surface area contributed by atoms with Gasteiger partial charge in [-0.3, -0.25) is 9.36 Å². The predicted octanol–water partition coefficient (Wildman–Crippen LogP) is 1.89. The second kappa shape index (κ2) is 5.01. The van der Waals surface area contributed by atoms with Gasteiger partial charge in [-0.05, 0) is 24.1 Å². The molecule has 0 unspecified atom stereocenters. The minimum Gasteiger partial charge on any atom is -0.269 e. The van der Waals surface area contributed by atoms with Gasteiger partial charge in [-0.2, -0.15) is 0 Å². The van der Waals surface area contributed by atoms with E-state index >= 15 is 0 Å².